The van der Waals surface area contributed by atoms with Crippen LogP contribution in [-0.2, 0) is 11.2 Å². The monoisotopic (exact) mass is 359 g/mol. The minimum atomic E-state index is -0.0177. The predicted molar refractivity (Wildman–Crippen MR) is 95.6 cm³/mol. The molecule has 124 valence electrons. The number of nitrogens with one attached hydrogen (secondary N) is 1. The van der Waals surface area contributed by atoms with E-state index < -0.39 is 0 Å². The number of aryl methyl sites for hydroxylation is 1. The van der Waals surface area contributed by atoms with Crippen LogP contribution < -0.4 is 5.32 Å². The van der Waals surface area contributed by atoms with E-state index in [-0.39, 0.29) is 11.7 Å². The van der Waals surface area contributed by atoms with Gasteiger partial charge in [-0.1, -0.05) is 36.0 Å². The summed E-state index contributed by atoms with van der Waals surface area (Å²) in [5.74, 6) is 0.271. The summed E-state index contributed by atoms with van der Waals surface area (Å²) in [4.78, 5) is 13.2. The van der Waals surface area contributed by atoms with Crippen molar-refractivity contribution in [3.05, 3.63) is 52.2 Å². The highest BCUT2D eigenvalue weighted by Crippen LogP contribution is 2.20. The molecule has 0 aliphatic carbocycles. The van der Waals surface area contributed by atoms with Gasteiger partial charge in [0, 0.05) is 11.4 Å². The summed E-state index contributed by atoms with van der Waals surface area (Å²) >= 11 is 3.03. The van der Waals surface area contributed by atoms with E-state index in [1.807, 2.05) is 42.6 Å². The largest absolute Gasteiger partial charge is 0.355 e. The first-order chi connectivity index (χ1) is 11.7. The van der Waals surface area contributed by atoms with Gasteiger partial charge in [0.25, 0.3) is 0 Å². The number of aromatic nitrogens is 4. The number of hydrogen-bond acceptors (Lipinski definition) is 6. The fraction of sp³-hybridized carbons (Fsp3) is 0.250. The molecule has 1 aromatic carbocycles. The molecule has 0 aliphatic rings. The number of tetrazole rings is 1. The maximum atomic E-state index is 12.0. The third kappa shape index (κ3) is 4.21. The number of thioether (sulfide) groups is 1. The Morgan fingerprint density at radius 2 is 2.17 bits per heavy atom. The smallest absolute Gasteiger partial charge is 0.230 e. The van der Waals surface area contributed by atoms with Crippen LogP contribution in [0, 0.1) is 6.92 Å². The number of carbonyl (C=O) groups excluding carboxylic acids is 1. The standard InChI is InChI=1S/C16H17N5OS2/c1-12-5-2-3-7-14(12)21-16(18-19-20-21)24-11-15(22)17-9-8-13-6-4-10-23-13/h2-7,10H,8-9,11H2,1H3,(H,17,22). The molecule has 0 saturated carbocycles. The van der Waals surface area contributed by atoms with Crippen molar-refractivity contribution in [2.24, 2.45) is 0 Å². The minimum Gasteiger partial charge on any atom is -0.355 e. The molecule has 2 heterocycles. The van der Waals surface area contributed by atoms with Gasteiger partial charge in [-0.15, -0.1) is 16.4 Å². The fourth-order valence-corrected chi connectivity index (χ4v) is 3.60. The van der Waals surface area contributed by atoms with Crippen LogP contribution in [0.25, 0.3) is 5.69 Å². The molecule has 0 saturated heterocycles. The number of rotatable bonds is 7. The van der Waals surface area contributed by atoms with Crippen molar-refractivity contribution >= 4 is 29.0 Å². The van der Waals surface area contributed by atoms with Gasteiger partial charge in [0.05, 0.1) is 11.4 Å². The van der Waals surface area contributed by atoms with E-state index in [9.17, 15) is 4.79 Å². The fourth-order valence-electron chi connectivity index (χ4n) is 2.18. The zero-order valence-electron chi connectivity index (χ0n) is 13.2. The SMILES string of the molecule is Cc1ccccc1-n1nnnc1SCC(=O)NCCc1cccs1. The lowest BCUT2D eigenvalue weighted by molar-refractivity contribution is -0.118. The maximum absolute atomic E-state index is 12.0. The van der Waals surface area contributed by atoms with Crippen molar-refractivity contribution in [2.45, 2.75) is 18.5 Å². The summed E-state index contributed by atoms with van der Waals surface area (Å²) in [5, 5.41) is 17.3. The highest BCUT2D eigenvalue weighted by atomic mass is 32.2. The number of benzene rings is 1. The van der Waals surface area contributed by atoms with E-state index in [1.54, 1.807) is 16.0 Å². The lowest BCUT2D eigenvalue weighted by atomic mass is 10.2. The summed E-state index contributed by atoms with van der Waals surface area (Å²) in [7, 11) is 0. The van der Waals surface area contributed by atoms with E-state index in [0.29, 0.717) is 11.7 Å². The quantitative estimate of drug-likeness (QED) is 0.656. The Kier molecular flexibility index (Phi) is 5.60. The van der Waals surface area contributed by atoms with Crippen molar-refractivity contribution in [1.29, 1.82) is 0 Å². The third-order valence-electron chi connectivity index (χ3n) is 3.39. The summed E-state index contributed by atoms with van der Waals surface area (Å²) in [6.07, 6.45) is 0.856. The lowest BCUT2D eigenvalue weighted by Crippen LogP contribution is -2.27. The van der Waals surface area contributed by atoms with Crippen molar-refractivity contribution in [3.63, 3.8) is 0 Å². The average molecular weight is 359 g/mol. The normalized spacial score (nSPS) is 10.7. The van der Waals surface area contributed by atoms with Crippen LogP contribution in [0.2, 0.25) is 0 Å². The molecule has 2 aromatic heterocycles. The molecule has 0 unspecified atom stereocenters. The molecule has 0 aliphatic heterocycles. The zero-order chi connectivity index (χ0) is 16.8. The molecule has 0 radical (unpaired) electrons. The van der Waals surface area contributed by atoms with Crippen LogP contribution >= 0.6 is 23.1 Å². The third-order valence-corrected chi connectivity index (χ3v) is 5.25. The molecular formula is C16H17N5OS2. The Morgan fingerprint density at radius 1 is 1.29 bits per heavy atom. The summed E-state index contributed by atoms with van der Waals surface area (Å²) in [5.41, 5.74) is 2.00. The number of carbonyl (C=O) groups is 1. The predicted octanol–water partition coefficient (Wildman–Crippen LogP) is 2.48. The first-order valence-electron chi connectivity index (χ1n) is 7.50. The second kappa shape index (κ2) is 8.07. The molecule has 0 bridgehead atoms. The highest BCUT2D eigenvalue weighted by Gasteiger charge is 2.12. The molecule has 3 aromatic rings. The van der Waals surface area contributed by atoms with Crippen LogP contribution in [0.5, 0.6) is 0 Å². The molecule has 0 fully saturated rings. The summed E-state index contributed by atoms with van der Waals surface area (Å²) < 4.78 is 1.67. The Balaban J connectivity index is 1.53. The number of nitrogens with zero attached hydrogens (tertiary/aromatic N) is 4. The Bertz CT molecular complexity index is 800. The Morgan fingerprint density at radius 3 is 2.96 bits per heavy atom. The van der Waals surface area contributed by atoms with Gasteiger partial charge in [0.1, 0.15) is 0 Å². The van der Waals surface area contributed by atoms with Crippen LogP contribution in [0.3, 0.4) is 0 Å². The number of thiophene rings is 1. The van der Waals surface area contributed by atoms with E-state index in [2.05, 4.69) is 26.9 Å². The number of hydrogen-bond donors (Lipinski definition) is 1. The summed E-state index contributed by atoms with van der Waals surface area (Å²) in [6, 6.07) is 12.0. The van der Waals surface area contributed by atoms with Crippen molar-refractivity contribution in [3.8, 4) is 5.69 Å². The van der Waals surface area contributed by atoms with E-state index in [0.717, 1.165) is 17.7 Å². The van der Waals surface area contributed by atoms with Gasteiger partial charge in [0.15, 0.2) is 0 Å². The molecular weight excluding hydrogens is 342 g/mol. The van der Waals surface area contributed by atoms with Crippen LogP contribution in [0.1, 0.15) is 10.4 Å². The Hall–Kier alpha value is -2.19. The zero-order valence-corrected chi connectivity index (χ0v) is 14.8. The molecule has 6 nitrogen and oxygen atoms in total. The first-order valence-corrected chi connectivity index (χ1v) is 9.37. The molecule has 0 atom stereocenters. The second-order valence-electron chi connectivity index (χ2n) is 5.13. The van der Waals surface area contributed by atoms with Gasteiger partial charge in [0.2, 0.25) is 11.1 Å². The van der Waals surface area contributed by atoms with Gasteiger partial charge >= 0.3 is 0 Å². The van der Waals surface area contributed by atoms with Crippen LogP contribution in [-0.4, -0.2) is 38.4 Å². The second-order valence-corrected chi connectivity index (χ2v) is 7.10. The van der Waals surface area contributed by atoms with Crippen molar-refractivity contribution < 1.29 is 4.79 Å². The van der Waals surface area contributed by atoms with Crippen molar-refractivity contribution in [1.82, 2.24) is 25.5 Å². The van der Waals surface area contributed by atoms with E-state index >= 15 is 0 Å². The molecule has 3 rings (SSSR count). The van der Waals surface area contributed by atoms with Gasteiger partial charge in [-0.3, -0.25) is 4.79 Å². The van der Waals surface area contributed by atoms with Crippen LogP contribution in [0.4, 0.5) is 0 Å². The maximum Gasteiger partial charge on any atom is 0.230 e. The van der Waals surface area contributed by atoms with E-state index in [1.165, 1.54) is 16.6 Å². The Labute approximate surface area is 148 Å². The lowest BCUT2D eigenvalue weighted by Gasteiger charge is -2.07. The van der Waals surface area contributed by atoms with Crippen LogP contribution in [0.15, 0.2) is 46.9 Å². The van der Waals surface area contributed by atoms with Gasteiger partial charge in [-0.2, -0.15) is 4.68 Å². The van der Waals surface area contributed by atoms with Gasteiger partial charge in [-0.05, 0) is 46.8 Å². The van der Waals surface area contributed by atoms with Gasteiger partial charge < -0.3 is 5.32 Å². The number of amides is 1. The van der Waals surface area contributed by atoms with Gasteiger partial charge in [-0.25, -0.2) is 0 Å². The molecule has 24 heavy (non-hydrogen) atoms. The van der Waals surface area contributed by atoms with E-state index in [4.69, 9.17) is 0 Å². The topological polar surface area (TPSA) is 72.7 Å². The summed E-state index contributed by atoms with van der Waals surface area (Å²) in [6.45, 7) is 2.64. The van der Waals surface area contributed by atoms with Crippen molar-refractivity contribution in [2.75, 3.05) is 12.3 Å². The molecule has 8 heteroatoms. The molecule has 0 spiro atoms. The minimum absolute atomic E-state index is 0.0177. The molecule has 1 N–H and O–H groups in total. The first kappa shape index (κ1) is 16.7. The molecule has 1 amide bonds. The highest BCUT2D eigenvalue weighted by molar-refractivity contribution is 7.99. The average Bonchev–Trinajstić information content (AvgIpc) is 3.25. The number of para-hydroxylation sites is 1.